The van der Waals surface area contributed by atoms with Crippen LogP contribution in [0, 0.1) is 5.92 Å². The van der Waals surface area contributed by atoms with Gasteiger partial charge in [-0.05, 0) is 5.92 Å². The molecule has 0 saturated carbocycles. The second-order valence-corrected chi connectivity index (χ2v) is 3.21. The molecule has 0 rings (SSSR count). The van der Waals surface area contributed by atoms with E-state index >= 15 is 0 Å². The fourth-order valence-electron chi connectivity index (χ4n) is 0.405. The number of allylic oxidation sites excluding steroid dienone is 3. The highest BCUT2D eigenvalue weighted by atomic mass is 79.9. The molecule has 0 amide bonds. The Kier molecular flexibility index (Phi) is 4.78. The molecular formula is C8H13Br. The van der Waals surface area contributed by atoms with Crippen molar-refractivity contribution in [1.82, 2.24) is 0 Å². The van der Waals surface area contributed by atoms with Crippen LogP contribution in [0.4, 0.5) is 0 Å². The summed E-state index contributed by atoms with van der Waals surface area (Å²) in [6.45, 7) is 8.05. The molecule has 0 fully saturated rings. The Hall–Kier alpha value is -0.0400. The van der Waals surface area contributed by atoms with Crippen LogP contribution in [-0.2, 0) is 0 Å². The Morgan fingerprint density at radius 2 is 2.33 bits per heavy atom. The molecule has 0 aromatic rings. The summed E-state index contributed by atoms with van der Waals surface area (Å²) in [7, 11) is 0. The van der Waals surface area contributed by atoms with E-state index in [4.69, 9.17) is 0 Å². The van der Waals surface area contributed by atoms with Crippen LogP contribution in [0.25, 0.3) is 0 Å². The Morgan fingerprint density at radius 3 is 2.67 bits per heavy atom. The van der Waals surface area contributed by atoms with Crippen LogP contribution < -0.4 is 0 Å². The highest BCUT2D eigenvalue weighted by Crippen LogP contribution is 2.07. The maximum atomic E-state index is 3.69. The summed E-state index contributed by atoms with van der Waals surface area (Å²) in [5.41, 5.74) is 0. The summed E-state index contributed by atoms with van der Waals surface area (Å²) in [5.74, 6) is 0.666. The van der Waals surface area contributed by atoms with Crippen LogP contribution in [0.15, 0.2) is 23.2 Å². The molecule has 0 nitrogen and oxygen atoms in total. The van der Waals surface area contributed by atoms with E-state index in [2.05, 4.69) is 42.4 Å². The molecule has 0 radical (unpaired) electrons. The fraction of sp³-hybridized carbons (Fsp3) is 0.500. The molecule has 0 spiro atoms. The lowest BCUT2D eigenvalue weighted by molar-refractivity contribution is 0.698. The maximum Gasteiger partial charge on any atom is 0.00998 e. The Balaban J connectivity index is 3.56. The van der Waals surface area contributed by atoms with Gasteiger partial charge in [-0.1, -0.05) is 54.9 Å². The van der Waals surface area contributed by atoms with E-state index in [-0.39, 0.29) is 0 Å². The molecule has 1 heteroatoms. The van der Waals surface area contributed by atoms with E-state index in [0.29, 0.717) is 5.92 Å². The molecule has 0 bridgehead atoms. The molecule has 9 heavy (non-hydrogen) atoms. The average molecular weight is 189 g/mol. The third kappa shape index (κ3) is 5.84. The Morgan fingerprint density at radius 1 is 1.78 bits per heavy atom. The molecule has 0 aromatic carbocycles. The van der Waals surface area contributed by atoms with Crippen molar-refractivity contribution < 1.29 is 0 Å². The van der Waals surface area contributed by atoms with E-state index in [1.807, 2.05) is 6.08 Å². The summed E-state index contributed by atoms with van der Waals surface area (Å²) >= 11 is 3.25. The van der Waals surface area contributed by atoms with Crippen molar-refractivity contribution in [3.05, 3.63) is 23.2 Å². The highest BCUT2D eigenvalue weighted by Gasteiger charge is 1.88. The first-order chi connectivity index (χ1) is 4.16. The van der Waals surface area contributed by atoms with Gasteiger partial charge in [0.2, 0.25) is 0 Å². The number of rotatable bonds is 3. The fourth-order valence-corrected chi connectivity index (χ4v) is 0.557. The topological polar surface area (TPSA) is 0 Å². The van der Waals surface area contributed by atoms with Crippen molar-refractivity contribution in [2.24, 2.45) is 5.92 Å². The van der Waals surface area contributed by atoms with Gasteiger partial charge in [0, 0.05) is 4.48 Å². The summed E-state index contributed by atoms with van der Waals surface area (Å²) in [4.78, 5) is 0. The van der Waals surface area contributed by atoms with Gasteiger partial charge >= 0.3 is 0 Å². The van der Waals surface area contributed by atoms with Crippen molar-refractivity contribution in [3.8, 4) is 0 Å². The quantitative estimate of drug-likeness (QED) is 0.596. The molecular weight excluding hydrogens is 176 g/mol. The first-order valence-corrected chi connectivity index (χ1v) is 3.98. The molecule has 1 unspecified atom stereocenters. The normalized spacial score (nSPS) is 14.1. The molecule has 0 aromatic heterocycles. The van der Waals surface area contributed by atoms with Crippen LogP contribution in [-0.4, -0.2) is 0 Å². The van der Waals surface area contributed by atoms with Crippen LogP contribution in [0.1, 0.15) is 20.3 Å². The SMILES string of the molecule is C=C(Br)/C=C\C(C)CC. The predicted molar refractivity (Wildman–Crippen MR) is 46.7 cm³/mol. The zero-order valence-electron chi connectivity index (χ0n) is 6.02. The van der Waals surface area contributed by atoms with Gasteiger partial charge < -0.3 is 0 Å². The van der Waals surface area contributed by atoms with E-state index in [1.165, 1.54) is 6.42 Å². The molecule has 1 atom stereocenters. The Labute approximate surface area is 65.8 Å². The average Bonchev–Trinajstić information content (AvgIpc) is 1.83. The van der Waals surface area contributed by atoms with Gasteiger partial charge in [0.05, 0.1) is 0 Å². The molecule has 0 aliphatic heterocycles. The molecule has 52 valence electrons. The van der Waals surface area contributed by atoms with Gasteiger partial charge in [0.15, 0.2) is 0 Å². The highest BCUT2D eigenvalue weighted by molar-refractivity contribution is 9.11. The van der Waals surface area contributed by atoms with Crippen LogP contribution >= 0.6 is 15.9 Å². The lowest BCUT2D eigenvalue weighted by atomic mass is 10.1. The van der Waals surface area contributed by atoms with E-state index in [9.17, 15) is 0 Å². The number of halogens is 1. The number of hydrogen-bond acceptors (Lipinski definition) is 0. The summed E-state index contributed by atoms with van der Waals surface area (Å²) in [6, 6.07) is 0. The minimum Gasteiger partial charge on any atom is -0.0848 e. The lowest BCUT2D eigenvalue weighted by Crippen LogP contribution is -1.82. The molecule has 0 heterocycles. The van der Waals surface area contributed by atoms with Crippen LogP contribution in [0.3, 0.4) is 0 Å². The second kappa shape index (κ2) is 4.80. The first kappa shape index (κ1) is 8.96. The van der Waals surface area contributed by atoms with Gasteiger partial charge in [-0.15, -0.1) is 0 Å². The van der Waals surface area contributed by atoms with Crippen molar-refractivity contribution in [1.29, 1.82) is 0 Å². The number of hydrogen-bond donors (Lipinski definition) is 0. The zero-order valence-corrected chi connectivity index (χ0v) is 7.61. The van der Waals surface area contributed by atoms with Gasteiger partial charge in [-0.2, -0.15) is 0 Å². The standard InChI is InChI=1S/C8H13Br/c1-4-7(2)5-6-8(3)9/h5-7H,3-4H2,1-2H3/b6-5-. The molecule has 0 N–H and O–H groups in total. The first-order valence-electron chi connectivity index (χ1n) is 3.19. The predicted octanol–water partition coefficient (Wildman–Crippen LogP) is 3.50. The lowest BCUT2D eigenvalue weighted by Gasteiger charge is -1.97. The largest absolute Gasteiger partial charge is 0.0848 e. The van der Waals surface area contributed by atoms with Crippen molar-refractivity contribution in [3.63, 3.8) is 0 Å². The Bertz CT molecular complexity index is 114. The maximum absolute atomic E-state index is 3.69. The van der Waals surface area contributed by atoms with E-state index in [1.54, 1.807) is 0 Å². The summed E-state index contributed by atoms with van der Waals surface area (Å²) < 4.78 is 0.947. The van der Waals surface area contributed by atoms with E-state index in [0.717, 1.165) is 4.48 Å². The van der Waals surface area contributed by atoms with Gasteiger partial charge in [-0.3, -0.25) is 0 Å². The second-order valence-electron chi connectivity index (χ2n) is 2.19. The van der Waals surface area contributed by atoms with Crippen LogP contribution in [0.2, 0.25) is 0 Å². The van der Waals surface area contributed by atoms with E-state index < -0.39 is 0 Å². The minimum absolute atomic E-state index is 0.666. The summed E-state index contributed by atoms with van der Waals surface area (Å²) in [5, 5.41) is 0. The van der Waals surface area contributed by atoms with Gasteiger partial charge in [0.25, 0.3) is 0 Å². The van der Waals surface area contributed by atoms with Gasteiger partial charge in [0.1, 0.15) is 0 Å². The van der Waals surface area contributed by atoms with Gasteiger partial charge in [-0.25, -0.2) is 0 Å². The van der Waals surface area contributed by atoms with Crippen molar-refractivity contribution in [2.45, 2.75) is 20.3 Å². The van der Waals surface area contributed by atoms with Crippen LogP contribution in [0.5, 0.6) is 0 Å². The third-order valence-corrected chi connectivity index (χ3v) is 1.51. The third-order valence-electron chi connectivity index (χ3n) is 1.25. The molecule has 0 aliphatic rings. The monoisotopic (exact) mass is 188 g/mol. The summed E-state index contributed by atoms with van der Waals surface area (Å²) in [6.07, 6.45) is 5.34. The molecule has 0 saturated heterocycles. The van der Waals surface area contributed by atoms with Crippen molar-refractivity contribution >= 4 is 15.9 Å². The molecule has 0 aliphatic carbocycles. The smallest absolute Gasteiger partial charge is 0.00998 e. The zero-order chi connectivity index (χ0) is 7.28. The minimum atomic E-state index is 0.666. The van der Waals surface area contributed by atoms with Crippen molar-refractivity contribution in [2.75, 3.05) is 0 Å².